The van der Waals surface area contributed by atoms with E-state index < -0.39 is 0 Å². The van der Waals surface area contributed by atoms with Crippen LogP contribution in [0.3, 0.4) is 0 Å². The monoisotopic (exact) mass is 303 g/mol. The first-order chi connectivity index (χ1) is 10.0. The molecule has 2 unspecified atom stereocenters. The molecule has 0 amide bonds. The Labute approximate surface area is 130 Å². The van der Waals surface area contributed by atoms with Crippen LogP contribution in [-0.4, -0.2) is 6.04 Å². The van der Waals surface area contributed by atoms with Crippen LogP contribution in [0.15, 0.2) is 47.4 Å². The third-order valence-electron chi connectivity index (χ3n) is 3.81. The molecule has 0 heterocycles. The average Bonchev–Trinajstić information content (AvgIpc) is 2.48. The minimum atomic E-state index is -0.178. The van der Waals surface area contributed by atoms with Crippen LogP contribution in [-0.2, 0) is 0 Å². The topological polar surface area (TPSA) is 26.0 Å². The van der Waals surface area contributed by atoms with Crippen molar-refractivity contribution in [3.05, 3.63) is 65.0 Å². The lowest BCUT2D eigenvalue weighted by Crippen LogP contribution is -2.26. The summed E-state index contributed by atoms with van der Waals surface area (Å²) in [6.45, 7) is 6.23. The van der Waals surface area contributed by atoms with Gasteiger partial charge in [-0.25, -0.2) is 4.39 Å². The van der Waals surface area contributed by atoms with Crippen molar-refractivity contribution in [1.82, 2.24) is 0 Å². The van der Waals surface area contributed by atoms with E-state index >= 15 is 0 Å². The standard InChI is InChI=1S/C18H22FNS/c1-4-17(20)18(15-7-5-6-8-16(15)19)21-14-10-9-12(2)13(3)11-14/h5-11,17-18H,4,20H2,1-3H3. The summed E-state index contributed by atoms with van der Waals surface area (Å²) in [5, 5.41) is -0.0710. The molecular formula is C18H22FNS. The molecule has 0 radical (unpaired) electrons. The molecule has 2 rings (SSSR count). The zero-order chi connectivity index (χ0) is 15.4. The molecule has 0 fully saturated rings. The summed E-state index contributed by atoms with van der Waals surface area (Å²) in [5.41, 5.74) is 9.45. The van der Waals surface area contributed by atoms with Crippen molar-refractivity contribution in [1.29, 1.82) is 0 Å². The minimum Gasteiger partial charge on any atom is -0.326 e. The van der Waals surface area contributed by atoms with Gasteiger partial charge in [0.25, 0.3) is 0 Å². The van der Waals surface area contributed by atoms with Crippen LogP contribution in [0.25, 0.3) is 0 Å². The normalized spacial score (nSPS) is 14.0. The Kier molecular flexibility index (Phi) is 5.43. The van der Waals surface area contributed by atoms with Crippen molar-refractivity contribution in [2.45, 2.75) is 43.4 Å². The molecule has 2 aromatic rings. The van der Waals surface area contributed by atoms with E-state index in [1.807, 2.05) is 19.1 Å². The molecule has 0 aliphatic heterocycles. The second-order valence-electron chi connectivity index (χ2n) is 5.38. The van der Waals surface area contributed by atoms with Gasteiger partial charge in [0.2, 0.25) is 0 Å². The van der Waals surface area contributed by atoms with Crippen LogP contribution < -0.4 is 5.73 Å². The molecule has 0 bridgehead atoms. The zero-order valence-electron chi connectivity index (χ0n) is 12.8. The Bertz CT molecular complexity index is 612. The van der Waals surface area contributed by atoms with E-state index in [1.54, 1.807) is 17.8 Å². The fraction of sp³-hybridized carbons (Fsp3) is 0.333. The Hall–Kier alpha value is -1.32. The van der Waals surface area contributed by atoms with Gasteiger partial charge in [-0.15, -0.1) is 11.8 Å². The number of aryl methyl sites for hydroxylation is 2. The van der Waals surface area contributed by atoms with Gasteiger partial charge in [-0.2, -0.15) is 0 Å². The Morgan fingerprint density at radius 1 is 1.10 bits per heavy atom. The summed E-state index contributed by atoms with van der Waals surface area (Å²) in [5.74, 6) is -0.178. The molecule has 21 heavy (non-hydrogen) atoms. The number of thioether (sulfide) groups is 1. The Morgan fingerprint density at radius 2 is 1.81 bits per heavy atom. The summed E-state index contributed by atoms with van der Waals surface area (Å²) in [6.07, 6.45) is 0.816. The zero-order valence-corrected chi connectivity index (χ0v) is 13.6. The van der Waals surface area contributed by atoms with Gasteiger partial charge in [-0.1, -0.05) is 31.2 Å². The molecule has 2 aromatic carbocycles. The summed E-state index contributed by atoms with van der Waals surface area (Å²) in [4.78, 5) is 1.13. The van der Waals surface area contributed by atoms with Gasteiger partial charge in [-0.3, -0.25) is 0 Å². The predicted molar refractivity (Wildman–Crippen MR) is 89.2 cm³/mol. The van der Waals surface area contributed by atoms with Gasteiger partial charge in [-0.05, 0) is 49.6 Å². The smallest absolute Gasteiger partial charge is 0.127 e. The van der Waals surface area contributed by atoms with E-state index in [1.165, 1.54) is 17.2 Å². The van der Waals surface area contributed by atoms with E-state index in [0.717, 1.165) is 11.3 Å². The lowest BCUT2D eigenvalue weighted by molar-refractivity contribution is 0.572. The molecule has 2 atom stereocenters. The largest absolute Gasteiger partial charge is 0.326 e. The van der Waals surface area contributed by atoms with Crippen LogP contribution >= 0.6 is 11.8 Å². The number of benzene rings is 2. The van der Waals surface area contributed by atoms with Crippen LogP contribution in [0.4, 0.5) is 4.39 Å². The van der Waals surface area contributed by atoms with Crippen LogP contribution in [0, 0.1) is 19.7 Å². The average molecular weight is 303 g/mol. The maximum Gasteiger partial charge on any atom is 0.127 e. The van der Waals surface area contributed by atoms with Crippen LogP contribution in [0.1, 0.15) is 35.3 Å². The lowest BCUT2D eigenvalue weighted by Gasteiger charge is -2.23. The summed E-state index contributed by atoms with van der Waals surface area (Å²) in [7, 11) is 0. The van der Waals surface area contributed by atoms with Crippen molar-refractivity contribution in [2.24, 2.45) is 5.73 Å². The van der Waals surface area contributed by atoms with Gasteiger partial charge in [0.05, 0.1) is 5.25 Å². The first-order valence-electron chi connectivity index (χ1n) is 7.26. The third-order valence-corrected chi connectivity index (χ3v) is 5.20. The Morgan fingerprint density at radius 3 is 2.43 bits per heavy atom. The second kappa shape index (κ2) is 7.10. The predicted octanol–water partition coefficient (Wildman–Crippen LogP) is 5.01. The Balaban J connectivity index is 2.33. The third kappa shape index (κ3) is 3.86. The van der Waals surface area contributed by atoms with Crippen LogP contribution in [0.2, 0.25) is 0 Å². The van der Waals surface area contributed by atoms with E-state index in [2.05, 4.69) is 32.0 Å². The molecule has 0 saturated carbocycles. The van der Waals surface area contributed by atoms with Gasteiger partial charge >= 0.3 is 0 Å². The van der Waals surface area contributed by atoms with E-state index in [4.69, 9.17) is 5.73 Å². The fourth-order valence-electron chi connectivity index (χ4n) is 2.24. The highest BCUT2D eigenvalue weighted by Crippen LogP contribution is 2.39. The van der Waals surface area contributed by atoms with E-state index in [-0.39, 0.29) is 17.1 Å². The first kappa shape index (κ1) is 16.1. The van der Waals surface area contributed by atoms with Gasteiger partial charge in [0.15, 0.2) is 0 Å². The maximum absolute atomic E-state index is 14.1. The van der Waals surface area contributed by atoms with Crippen molar-refractivity contribution >= 4 is 11.8 Å². The maximum atomic E-state index is 14.1. The molecule has 0 saturated heterocycles. The van der Waals surface area contributed by atoms with Crippen molar-refractivity contribution in [3.8, 4) is 0 Å². The molecule has 0 spiro atoms. The SMILES string of the molecule is CCC(N)C(Sc1ccc(C)c(C)c1)c1ccccc1F. The minimum absolute atomic E-state index is 0.0710. The van der Waals surface area contributed by atoms with Gasteiger partial charge in [0.1, 0.15) is 5.82 Å². The van der Waals surface area contributed by atoms with Crippen molar-refractivity contribution < 1.29 is 4.39 Å². The van der Waals surface area contributed by atoms with E-state index in [9.17, 15) is 4.39 Å². The fourth-order valence-corrected chi connectivity index (χ4v) is 3.61. The molecule has 3 heteroatoms. The highest BCUT2D eigenvalue weighted by molar-refractivity contribution is 7.99. The second-order valence-corrected chi connectivity index (χ2v) is 6.59. The number of rotatable bonds is 5. The lowest BCUT2D eigenvalue weighted by atomic mass is 10.0. The summed E-state index contributed by atoms with van der Waals surface area (Å²) >= 11 is 1.65. The molecule has 2 N–H and O–H groups in total. The summed E-state index contributed by atoms with van der Waals surface area (Å²) in [6, 6.07) is 13.2. The molecule has 0 aromatic heterocycles. The van der Waals surface area contributed by atoms with Crippen molar-refractivity contribution in [2.75, 3.05) is 0 Å². The van der Waals surface area contributed by atoms with Crippen molar-refractivity contribution in [3.63, 3.8) is 0 Å². The number of nitrogens with two attached hydrogens (primary N) is 1. The number of hydrogen-bond acceptors (Lipinski definition) is 2. The molecular weight excluding hydrogens is 281 g/mol. The van der Waals surface area contributed by atoms with Gasteiger partial charge in [0, 0.05) is 16.5 Å². The highest BCUT2D eigenvalue weighted by Gasteiger charge is 2.22. The molecule has 112 valence electrons. The van der Waals surface area contributed by atoms with E-state index in [0.29, 0.717) is 5.56 Å². The highest BCUT2D eigenvalue weighted by atomic mass is 32.2. The first-order valence-corrected chi connectivity index (χ1v) is 8.14. The quantitative estimate of drug-likeness (QED) is 0.785. The molecule has 1 nitrogen and oxygen atoms in total. The molecule has 0 aliphatic rings. The number of hydrogen-bond donors (Lipinski definition) is 1. The summed E-state index contributed by atoms with van der Waals surface area (Å²) < 4.78 is 14.1. The number of halogens is 1. The van der Waals surface area contributed by atoms with Crippen LogP contribution in [0.5, 0.6) is 0 Å². The van der Waals surface area contributed by atoms with Gasteiger partial charge < -0.3 is 5.73 Å². The molecule has 0 aliphatic carbocycles.